The molecule has 0 aliphatic rings. The van der Waals surface area contributed by atoms with E-state index in [0.29, 0.717) is 0 Å². The summed E-state index contributed by atoms with van der Waals surface area (Å²) in [6, 6.07) is 1.66. The molecule has 0 radical (unpaired) electrons. The normalized spacial score (nSPS) is 11.1. The first kappa shape index (κ1) is 16.0. The lowest BCUT2D eigenvalue weighted by Crippen LogP contribution is -2.24. The van der Waals surface area contributed by atoms with Gasteiger partial charge >= 0.3 is 6.18 Å². The predicted octanol–water partition coefficient (Wildman–Crippen LogP) is 1.28. The standard InChI is InChI=1S/C11H16F3N5O/c1-19(2)10(20)3-4-16-8-5-7(11(12,13)14)6-9(17-8)18-15/h5-6H,3-4,15H2,1-2H3,(H2,16,17,18). The molecule has 0 atom stereocenters. The fourth-order valence-electron chi connectivity index (χ4n) is 1.38. The number of rotatable bonds is 5. The van der Waals surface area contributed by atoms with E-state index in [4.69, 9.17) is 5.84 Å². The second kappa shape index (κ2) is 6.42. The summed E-state index contributed by atoms with van der Waals surface area (Å²) in [5.41, 5.74) is 1.20. The van der Waals surface area contributed by atoms with Crippen LogP contribution in [0.25, 0.3) is 0 Å². The predicted molar refractivity (Wildman–Crippen MR) is 68.8 cm³/mol. The van der Waals surface area contributed by atoms with Gasteiger partial charge in [-0.25, -0.2) is 10.8 Å². The summed E-state index contributed by atoms with van der Waals surface area (Å²) in [6.45, 7) is 0.176. The number of alkyl halides is 3. The lowest BCUT2D eigenvalue weighted by molar-refractivity contribution is -0.137. The molecule has 112 valence electrons. The number of halogens is 3. The van der Waals surface area contributed by atoms with Crippen LogP contribution >= 0.6 is 0 Å². The van der Waals surface area contributed by atoms with Crippen LogP contribution in [-0.2, 0) is 11.0 Å². The van der Waals surface area contributed by atoms with E-state index in [1.807, 2.05) is 0 Å². The van der Waals surface area contributed by atoms with Crippen LogP contribution in [0.1, 0.15) is 12.0 Å². The molecular weight excluding hydrogens is 275 g/mol. The number of amides is 1. The van der Waals surface area contributed by atoms with Gasteiger partial charge in [-0.1, -0.05) is 0 Å². The molecule has 1 rings (SSSR count). The van der Waals surface area contributed by atoms with Gasteiger partial charge in [0.05, 0.1) is 5.56 Å². The van der Waals surface area contributed by atoms with Crippen molar-refractivity contribution in [3.63, 3.8) is 0 Å². The zero-order valence-corrected chi connectivity index (χ0v) is 11.1. The van der Waals surface area contributed by atoms with Crippen LogP contribution in [0.3, 0.4) is 0 Å². The van der Waals surface area contributed by atoms with E-state index in [0.717, 1.165) is 12.1 Å². The number of hydrazine groups is 1. The fraction of sp³-hybridized carbons (Fsp3) is 0.455. The quantitative estimate of drug-likeness (QED) is 0.562. The van der Waals surface area contributed by atoms with Crippen molar-refractivity contribution in [2.24, 2.45) is 5.84 Å². The van der Waals surface area contributed by atoms with Crippen LogP contribution in [-0.4, -0.2) is 36.4 Å². The average molecular weight is 291 g/mol. The molecule has 4 N–H and O–H groups in total. The van der Waals surface area contributed by atoms with E-state index in [1.54, 1.807) is 14.1 Å². The second-order valence-corrected chi connectivity index (χ2v) is 4.23. The molecule has 0 spiro atoms. The highest BCUT2D eigenvalue weighted by Crippen LogP contribution is 2.31. The Bertz CT molecular complexity index is 476. The summed E-state index contributed by atoms with van der Waals surface area (Å²) in [4.78, 5) is 16.6. The summed E-state index contributed by atoms with van der Waals surface area (Å²) >= 11 is 0. The number of anilines is 2. The molecule has 9 heteroatoms. The summed E-state index contributed by atoms with van der Waals surface area (Å²) in [5, 5.41) is 2.66. The van der Waals surface area contributed by atoms with Crippen molar-refractivity contribution in [2.45, 2.75) is 12.6 Å². The van der Waals surface area contributed by atoms with Crippen LogP contribution < -0.4 is 16.6 Å². The molecule has 0 fully saturated rings. The average Bonchev–Trinajstić information content (AvgIpc) is 2.37. The number of hydrogen-bond acceptors (Lipinski definition) is 5. The zero-order valence-electron chi connectivity index (χ0n) is 11.1. The Balaban J connectivity index is 2.77. The number of nitrogens with two attached hydrogens (primary N) is 1. The van der Waals surface area contributed by atoms with Crippen molar-refractivity contribution >= 4 is 17.5 Å². The van der Waals surface area contributed by atoms with Gasteiger partial charge in [-0.05, 0) is 12.1 Å². The number of carbonyl (C=O) groups excluding carboxylic acids is 1. The monoisotopic (exact) mass is 291 g/mol. The van der Waals surface area contributed by atoms with E-state index in [-0.39, 0.29) is 30.5 Å². The molecule has 1 amide bonds. The summed E-state index contributed by atoms with van der Waals surface area (Å²) in [7, 11) is 3.20. The maximum atomic E-state index is 12.7. The van der Waals surface area contributed by atoms with Gasteiger partial charge in [0.1, 0.15) is 11.6 Å². The Kier molecular flexibility index (Phi) is 5.14. The van der Waals surface area contributed by atoms with Gasteiger partial charge in [-0.2, -0.15) is 13.2 Å². The smallest absolute Gasteiger partial charge is 0.369 e. The molecule has 0 aromatic carbocycles. The number of aromatic nitrogens is 1. The fourth-order valence-corrected chi connectivity index (χ4v) is 1.38. The Morgan fingerprint density at radius 1 is 1.35 bits per heavy atom. The summed E-state index contributed by atoms with van der Waals surface area (Å²) < 4.78 is 38.0. The third-order valence-corrected chi connectivity index (χ3v) is 2.44. The maximum Gasteiger partial charge on any atom is 0.416 e. The van der Waals surface area contributed by atoms with Gasteiger partial charge in [0.15, 0.2) is 0 Å². The minimum Gasteiger partial charge on any atom is -0.369 e. The number of nitrogens with one attached hydrogen (secondary N) is 2. The van der Waals surface area contributed by atoms with Crippen molar-refractivity contribution in [3.05, 3.63) is 17.7 Å². The maximum absolute atomic E-state index is 12.7. The Hall–Kier alpha value is -2.03. The number of nitrogen functional groups attached to an aromatic ring is 1. The van der Waals surface area contributed by atoms with Gasteiger partial charge in [0.2, 0.25) is 5.91 Å². The van der Waals surface area contributed by atoms with Crippen LogP contribution in [0.2, 0.25) is 0 Å². The van der Waals surface area contributed by atoms with Gasteiger partial charge in [-0.15, -0.1) is 0 Å². The Morgan fingerprint density at radius 2 is 1.95 bits per heavy atom. The molecule has 0 aliphatic heterocycles. The number of pyridine rings is 1. The lowest BCUT2D eigenvalue weighted by atomic mass is 10.2. The molecule has 0 saturated carbocycles. The van der Waals surface area contributed by atoms with Crippen molar-refractivity contribution in [2.75, 3.05) is 31.4 Å². The van der Waals surface area contributed by atoms with Gasteiger partial charge in [0.25, 0.3) is 0 Å². The lowest BCUT2D eigenvalue weighted by Gasteiger charge is -2.13. The first-order valence-corrected chi connectivity index (χ1v) is 5.74. The van der Waals surface area contributed by atoms with E-state index >= 15 is 0 Å². The third-order valence-electron chi connectivity index (χ3n) is 2.44. The van der Waals surface area contributed by atoms with Crippen molar-refractivity contribution in [1.29, 1.82) is 0 Å². The van der Waals surface area contributed by atoms with Crippen LogP contribution in [0.15, 0.2) is 12.1 Å². The first-order chi connectivity index (χ1) is 9.24. The largest absolute Gasteiger partial charge is 0.416 e. The minimum atomic E-state index is -4.50. The molecule has 1 aromatic heterocycles. The van der Waals surface area contributed by atoms with Crippen molar-refractivity contribution in [3.8, 4) is 0 Å². The molecule has 20 heavy (non-hydrogen) atoms. The highest BCUT2D eigenvalue weighted by atomic mass is 19.4. The molecule has 0 bridgehead atoms. The molecule has 1 heterocycles. The summed E-state index contributed by atoms with van der Waals surface area (Å²) in [5.74, 6) is 4.83. The molecule has 0 saturated heterocycles. The highest BCUT2D eigenvalue weighted by molar-refractivity contribution is 5.76. The Labute approximate surface area is 114 Å². The highest BCUT2D eigenvalue weighted by Gasteiger charge is 2.31. The first-order valence-electron chi connectivity index (χ1n) is 5.74. The van der Waals surface area contributed by atoms with E-state index < -0.39 is 11.7 Å². The SMILES string of the molecule is CN(C)C(=O)CCNc1cc(C(F)(F)F)cc(NN)n1. The number of carbonyl (C=O) groups is 1. The van der Waals surface area contributed by atoms with E-state index in [1.165, 1.54) is 4.90 Å². The zero-order chi connectivity index (χ0) is 15.3. The topological polar surface area (TPSA) is 83.3 Å². The van der Waals surface area contributed by atoms with Gasteiger partial charge < -0.3 is 15.6 Å². The third kappa shape index (κ3) is 4.57. The second-order valence-electron chi connectivity index (χ2n) is 4.23. The van der Waals surface area contributed by atoms with Crippen molar-refractivity contribution < 1.29 is 18.0 Å². The van der Waals surface area contributed by atoms with Crippen LogP contribution in [0, 0.1) is 0 Å². The molecule has 6 nitrogen and oxygen atoms in total. The molecule has 1 aromatic rings. The molecule has 0 unspecified atom stereocenters. The molecule has 0 aliphatic carbocycles. The van der Waals surface area contributed by atoms with Gasteiger partial charge in [-0.3, -0.25) is 4.79 Å². The Morgan fingerprint density at radius 3 is 2.45 bits per heavy atom. The van der Waals surface area contributed by atoms with E-state index in [9.17, 15) is 18.0 Å². The molecular formula is C11H16F3N5O. The van der Waals surface area contributed by atoms with Crippen LogP contribution in [0.4, 0.5) is 24.8 Å². The minimum absolute atomic E-state index is 0.000619. The number of hydrogen-bond donors (Lipinski definition) is 3. The number of nitrogens with zero attached hydrogens (tertiary/aromatic N) is 2. The van der Waals surface area contributed by atoms with Gasteiger partial charge in [0, 0.05) is 27.1 Å². The van der Waals surface area contributed by atoms with E-state index in [2.05, 4.69) is 15.7 Å². The summed E-state index contributed by atoms with van der Waals surface area (Å²) in [6.07, 6.45) is -4.35. The van der Waals surface area contributed by atoms with Crippen molar-refractivity contribution in [1.82, 2.24) is 9.88 Å². The van der Waals surface area contributed by atoms with Crippen LogP contribution in [0.5, 0.6) is 0 Å².